The zero-order valence-corrected chi connectivity index (χ0v) is 23.7. The summed E-state index contributed by atoms with van der Waals surface area (Å²) in [5, 5.41) is 11.6. The molecule has 2 aromatic heterocycles. The van der Waals surface area contributed by atoms with Crippen molar-refractivity contribution in [1.82, 2.24) is 24.7 Å². The number of nitrogens with zero attached hydrogens (tertiary/aromatic N) is 7. The Morgan fingerprint density at radius 3 is 2.70 bits per heavy atom. The molecule has 0 N–H and O–H groups in total. The minimum Gasteiger partial charge on any atom is -0.496 e. The molecule has 3 aromatic rings. The number of allylic oxidation sites excluding steroid dienone is 2. The molecule has 9 nitrogen and oxygen atoms in total. The van der Waals surface area contributed by atoms with Crippen LogP contribution in [-0.2, 0) is 7.05 Å². The fourth-order valence-electron chi connectivity index (χ4n) is 5.50. The van der Waals surface area contributed by atoms with Crippen LogP contribution >= 0.6 is 0 Å². The molecule has 1 aromatic carbocycles. The molecule has 2 atom stereocenters. The lowest BCUT2D eigenvalue weighted by Gasteiger charge is -2.39. The summed E-state index contributed by atoms with van der Waals surface area (Å²) in [7, 11) is 7.30. The van der Waals surface area contributed by atoms with Crippen LogP contribution in [0.3, 0.4) is 0 Å². The van der Waals surface area contributed by atoms with Crippen molar-refractivity contribution < 1.29 is 9.47 Å². The summed E-state index contributed by atoms with van der Waals surface area (Å²) in [6.45, 7) is 6.62. The third-order valence-electron chi connectivity index (χ3n) is 7.51. The number of amidine groups is 1. The Morgan fingerprint density at radius 2 is 2.02 bits per heavy atom. The van der Waals surface area contributed by atoms with Gasteiger partial charge in [-0.15, -0.1) is 0 Å². The van der Waals surface area contributed by atoms with Crippen LogP contribution in [0.1, 0.15) is 36.9 Å². The monoisotopic (exact) mass is 537 g/mol. The molecular formula is C31H35N7O2. The minimum atomic E-state index is 0.0618. The molecule has 2 aliphatic heterocycles. The summed E-state index contributed by atoms with van der Waals surface area (Å²) in [5.74, 6) is 2.30. The normalized spacial score (nSPS) is 18.6. The van der Waals surface area contributed by atoms with Crippen LogP contribution in [0.25, 0.3) is 11.1 Å². The van der Waals surface area contributed by atoms with E-state index < -0.39 is 0 Å². The number of aromatic nitrogens is 3. The number of fused-ring (bicyclic) bond motifs is 1. The number of pyridine rings is 1. The molecule has 206 valence electrons. The van der Waals surface area contributed by atoms with Gasteiger partial charge in [0.2, 0.25) is 5.88 Å². The number of likely N-dealkylation sites (N-methyl/N-ethyl adjacent to an activating group) is 1. The molecule has 2 unspecified atom stereocenters. The van der Waals surface area contributed by atoms with Gasteiger partial charge in [0.25, 0.3) is 0 Å². The average Bonchev–Trinajstić information content (AvgIpc) is 3.57. The quantitative estimate of drug-likeness (QED) is 0.232. The number of terminal acetylenes is 1. The maximum Gasteiger partial charge on any atom is 0.239 e. The van der Waals surface area contributed by atoms with E-state index in [1.807, 2.05) is 44.7 Å². The SMILES string of the molecule is C#CN(C=C(C)C=C)c1ccc(C2=NN3CCCC(c4ccc(OC)c(-c5cnn(C)c5)c4)C3N2C)nc1OC. The first-order valence-corrected chi connectivity index (χ1v) is 13.2. The Morgan fingerprint density at radius 1 is 1.20 bits per heavy atom. The highest BCUT2D eigenvalue weighted by Crippen LogP contribution is 2.41. The first-order chi connectivity index (χ1) is 19.4. The van der Waals surface area contributed by atoms with Crippen LogP contribution in [0.2, 0.25) is 0 Å². The Kier molecular flexibility index (Phi) is 7.52. The summed E-state index contributed by atoms with van der Waals surface area (Å²) >= 11 is 0. The number of piperidine rings is 1. The highest BCUT2D eigenvalue weighted by Gasteiger charge is 2.41. The van der Waals surface area contributed by atoms with E-state index in [1.165, 1.54) is 5.56 Å². The van der Waals surface area contributed by atoms with E-state index in [-0.39, 0.29) is 12.1 Å². The van der Waals surface area contributed by atoms with Gasteiger partial charge in [0.05, 0.1) is 20.4 Å². The Labute approximate surface area is 236 Å². The molecule has 0 amide bonds. The smallest absolute Gasteiger partial charge is 0.239 e. The van der Waals surface area contributed by atoms with Crippen LogP contribution in [0, 0.1) is 12.5 Å². The van der Waals surface area contributed by atoms with Gasteiger partial charge in [-0.2, -0.15) is 10.2 Å². The average molecular weight is 538 g/mol. The number of hydrazone groups is 1. The van der Waals surface area contributed by atoms with Gasteiger partial charge >= 0.3 is 0 Å². The van der Waals surface area contributed by atoms with Crippen molar-refractivity contribution in [2.45, 2.75) is 31.8 Å². The van der Waals surface area contributed by atoms with E-state index in [4.69, 9.17) is 26.0 Å². The van der Waals surface area contributed by atoms with Gasteiger partial charge < -0.3 is 14.4 Å². The molecule has 9 heteroatoms. The summed E-state index contributed by atoms with van der Waals surface area (Å²) in [4.78, 5) is 8.69. The number of anilines is 1. The number of hydrogen-bond acceptors (Lipinski definition) is 8. The first-order valence-electron chi connectivity index (χ1n) is 13.2. The second-order valence-corrected chi connectivity index (χ2v) is 10.0. The van der Waals surface area contributed by atoms with Crippen molar-refractivity contribution in [3.8, 4) is 35.2 Å². The van der Waals surface area contributed by atoms with Crippen molar-refractivity contribution in [3.05, 3.63) is 78.4 Å². The first kappa shape index (κ1) is 26.9. The van der Waals surface area contributed by atoms with E-state index in [2.05, 4.69) is 52.9 Å². The van der Waals surface area contributed by atoms with E-state index in [1.54, 1.807) is 29.9 Å². The van der Waals surface area contributed by atoms with Crippen LogP contribution < -0.4 is 14.4 Å². The largest absolute Gasteiger partial charge is 0.496 e. The Hall–Kier alpha value is -4.71. The van der Waals surface area contributed by atoms with Crippen LogP contribution in [-0.4, -0.2) is 64.5 Å². The highest BCUT2D eigenvalue weighted by atomic mass is 16.5. The van der Waals surface area contributed by atoms with Gasteiger partial charge in [0.1, 0.15) is 23.3 Å². The fraction of sp³-hybridized carbons (Fsp3) is 0.323. The summed E-state index contributed by atoms with van der Waals surface area (Å²) < 4.78 is 13.2. The number of methoxy groups -OCH3 is 2. The van der Waals surface area contributed by atoms with Gasteiger partial charge in [-0.1, -0.05) is 25.1 Å². The maximum absolute atomic E-state index is 5.79. The fourth-order valence-corrected chi connectivity index (χ4v) is 5.50. The predicted octanol–water partition coefficient (Wildman–Crippen LogP) is 4.80. The second-order valence-electron chi connectivity index (χ2n) is 10.0. The Balaban J connectivity index is 1.46. The topological polar surface area (TPSA) is 71.2 Å². The molecule has 1 saturated heterocycles. The van der Waals surface area contributed by atoms with Crippen molar-refractivity contribution in [2.24, 2.45) is 12.1 Å². The zero-order chi connectivity index (χ0) is 28.4. The maximum atomic E-state index is 5.79. The molecule has 0 aliphatic carbocycles. The van der Waals surface area contributed by atoms with Crippen molar-refractivity contribution in [3.63, 3.8) is 0 Å². The highest BCUT2D eigenvalue weighted by molar-refractivity contribution is 5.98. The lowest BCUT2D eigenvalue weighted by atomic mass is 9.86. The summed E-state index contributed by atoms with van der Waals surface area (Å²) in [6.07, 6.45) is 15.4. The van der Waals surface area contributed by atoms with Gasteiger partial charge in [-0.25, -0.2) is 4.98 Å². The molecule has 2 aliphatic rings. The molecule has 0 spiro atoms. The lowest BCUT2D eigenvalue weighted by Crippen LogP contribution is -2.47. The summed E-state index contributed by atoms with van der Waals surface area (Å²) in [5.41, 5.74) is 5.63. The standard InChI is InChI=1S/C31H35N7O2/c1-8-21(3)19-37(9-2)27-14-13-26(33-30(27)40-7)29-34-38-16-10-11-24(31(38)36(29)5)22-12-15-28(39-6)25(17-22)23-18-32-35(4)20-23/h2,8,12-15,17-20,24,31H,1,10-11,16H2,3-7H3. The van der Waals surface area contributed by atoms with Crippen molar-refractivity contribution in [1.29, 1.82) is 0 Å². The van der Waals surface area contributed by atoms with Gasteiger partial charge in [0.15, 0.2) is 5.84 Å². The minimum absolute atomic E-state index is 0.0618. The van der Waals surface area contributed by atoms with Gasteiger partial charge in [0, 0.05) is 56.1 Å². The van der Waals surface area contributed by atoms with E-state index in [0.717, 1.165) is 53.4 Å². The number of ether oxygens (including phenoxy) is 2. The summed E-state index contributed by atoms with van der Waals surface area (Å²) in [6, 6.07) is 13.0. The van der Waals surface area contributed by atoms with E-state index in [0.29, 0.717) is 11.6 Å². The third-order valence-corrected chi connectivity index (χ3v) is 7.51. The van der Waals surface area contributed by atoms with Gasteiger partial charge in [-0.05, 0) is 55.2 Å². The molecule has 0 saturated carbocycles. The second kappa shape index (κ2) is 11.2. The number of hydrogen-bond donors (Lipinski definition) is 0. The van der Waals surface area contributed by atoms with Gasteiger partial charge in [-0.3, -0.25) is 14.6 Å². The molecule has 0 radical (unpaired) electrons. The van der Waals surface area contributed by atoms with Crippen LogP contribution in [0.15, 0.2) is 72.3 Å². The van der Waals surface area contributed by atoms with Crippen LogP contribution in [0.5, 0.6) is 11.6 Å². The third kappa shape index (κ3) is 4.89. The van der Waals surface area contributed by atoms with Crippen molar-refractivity contribution >= 4 is 11.5 Å². The molecule has 4 heterocycles. The zero-order valence-electron chi connectivity index (χ0n) is 23.7. The van der Waals surface area contributed by atoms with E-state index in [9.17, 15) is 0 Å². The molecule has 1 fully saturated rings. The number of benzene rings is 1. The number of rotatable bonds is 8. The molecule has 5 rings (SSSR count). The van der Waals surface area contributed by atoms with Crippen molar-refractivity contribution in [2.75, 3.05) is 32.7 Å². The van der Waals surface area contributed by atoms with Crippen LogP contribution in [0.4, 0.5) is 5.69 Å². The lowest BCUT2D eigenvalue weighted by molar-refractivity contribution is 0.0812. The molecule has 40 heavy (non-hydrogen) atoms. The number of aryl methyl sites for hydroxylation is 1. The predicted molar refractivity (Wildman–Crippen MR) is 158 cm³/mol. The molecule has 0 bridgehead atoms. The Bertz CT molecular complexity index is 1520. The van der Waals surface area contributed by atoms with E-state index >= 15 is 0 Å². The molecular weight excluding hydrogens is 502 g/mol.